The Labute approximate surface area is 111 Å². The fraction of sp³-hybridized carbons (Fsp3) is 0.600. The standard InChI is InChI=1S/C15H26N2O/c1-11(2)16-7-8-17(5)14-10-12(3)9-13(4)15(14)18-6/h9-11,16H,7-8H2,1-6H3. The third kappa shape index (κ3) is 3.91. The molecule has 1 N–H and O–H groups in total. The highest BCUT2D eigenvalue weighted by atomic mass is 16.5. The quantitative estimate of drug-likeness (QED) is 0.840. The van der Waals surface area contributed by atoms with E-state index in [4.69, 9.17) is 4.74 Å². The largest absolute Gasteiger partial charge is 0.494 e. The van der Waals surface area contributed by atoms with E-state index in [0.717, 1.165) is 18.8 Å². The van der Waals surface area contributed by atoms with Crippen molar-refractivity contribution in [3.63, 3.8) is 0 Å². The van der Waals surface area contributed by atoms with E-state index in [1.54, 1.807) is 7.11 Å². The molecule has 0 radical (unpaired) electrons. The molecule has 0 saturated heterocycles. The Bertz CT molecular complexity index is 388. The predicted molar refractivity (Wildman–Crippen MR) is 78.9 cm³/mol. The molecule has 3 nitrogen and oxygen atoms in total. The normalized spacial score (nSPS) is 10.8. The molecular formula is C15H26N2O. The summed E-state index contributed by atoms with van der Waals surface area (Å²) >= 11 is 0. The van der Waals surface area contributed by atoms with Gasteiger partial charge in [-0.25, -0.2) is 0 Å². The molecule has 0 fully saturated rings. The third-order valence-corrected chi connectivity index (χ3v) is 3.01. The molecule has 0 unspecified atom stereocenters. The van der Waals surface area contributed by atoms with Crippen LogP contribution in [0.2, 0.25) is 0 Å². The highest BCUT2D eigenvalue weighted by Crippen LogP contribution is 2.32. The molecule has 0 bridgehead atoms. The molecule has 0 atom stereocenters. The Morgan fingerprint density at radius 3 is 2.50 bits per heavy atom. The molecule has 0 aliphatic rings. The van der Waals surface area contributed by atoms with E-state index in [1.165, 1.54) is 16.8 Å². The number of nitrogens with zero attached hydrogens (tertiary/aromatic N) is 1. The minimum absolute atomic E-state index is 0.527. The molecule has 1 rings (SSSR count). The Kier molecular flexibility index (Phi) is 5.48. The number of nitrogens with one attached hydrogen (secondary N) is 1. The van der Waals surface area contributed by atoms with E-state index in [9.17, 15) is 0 Å². The number of methoxy groups -OCH3 is 1. The zero-order valence-corrected chi connectivity index (χ0v) is 12.5. The first-order valence-electron chi connectivity index (χ1n) is 6.55. The lowest BCUT2D eigenvalue weighted by Gasteiger charge is -2.24. The molecule has 0 aromatic heterocycles. The minimum atomic E-state index is 0.527. The number of hydrogen-bond donors (Lipinski definition) is 1. The molecule has 0 aliphatic carbocycles. The smallest absolute Gasteiger partial charge is 0.145 e. The van der Waals surface area contributed by atoms with Gasteiger partial charge in [0.2, 0.25) is 0 Å². The summed E-state index contributed by atoms with van der Waals surface area (Å²) in [7, 11) is 3.85. The van der Waals surface area contributed by atoms with Gasteiger partial charge in [0.05, 0.1) is 12.8 Å². The summed E-state index contributed by atoms with van der Waals surface area (Å²) in [5.41, 5.74) is 3.63. The zero-order chi connectivity index (χ0) is 13.7. The SMILES string of the molecule is COc1c(C)cc(C)cc1N(C)CCNC(C)C. The lowest BCUT2D eigenvalue weighted by Crippen LogP contribution is -2.33. The van der Waals surface area contributed by atoms with E-state index >= 15 is 0 Å². The van der Waals surface area contributed by atoms with Crippen molar-refractivity contribution in [1.29, 1.82) is 0 Å². The molecule has 1 aromatic rings. The Morgan fingerprint density at radius 1 is 1.28 bits per heavy atom. The topological polar surface area (TPSA) is 24.5 Å². The highest BCUT2D eigenvalue weighted by molar-refractivity contribution is 5.63. The van der Waals surface area contributed by atoms with Crippen molar-refractivity contribution in [1.82, 2.24) is 5.32 Å². The summed E-state index contributed by atoms with van der Waals surface area (Å²) < 4.78 is 5.52. The van der Waals surface area contributed by atoms with Gasteiger partial charge in [-0.2, -0.15) is 0 Å². The molecule has 0 spiro atoms. The fourth-order valence-electron chi connectivity index (χ4n) is 2.12. The van der Waals surface area contributed by atoms with Crippen LogP contribution in [0, 0.1) is 13.8 Å². The second-order valence-electron chi connectivity index (χ2n) is 5.16. The summed E-state index contributed by atoms with van der Waals surface area (Å²) in [5.74, 6) is 0.979. The molecule has 0 saturated carbocycles. The van der Waals surface area contributed by atoms with E-state index in [2.05, 4.69) is 57.1 Å². The zero-order valence-electron chi connectivity index (χ0n) is 12.5. The van der Waals surface area contributed by atoms with Gasteiger partial charge in [-0.1, -0.05) is 19.9 Å². The van der Waals surface area contributed by atoms with Gasteiger partial charge in [-0.3, -0.25) is 0 Å². The Morgan fingerprint density at radius 2 is 1.94 bits per heavy atom. The number of aryl methyl sites for hydroxylation is 2. The average Bonchev–Trinajstić information content (AvgIpc) is 2.27. The first-order chi connectivity index (χ1) is 8.45. The summed E-state index contributed by atoms with van der Waals surface area (Å²) in [6.07, 6.45) is 0. The van der Waals surface area contributed by atoms with E-state index < -0.39 is 0 Å². The van der Waals surface area contributed by atoms with Crippen LogP contribution < -0.4 is 15.0 Å². The maximum atomic E-state index is 5.52. The minimum Gasteiger partial charge on any atom is -0.494 e. The maximum absolute atomic E-state index is 5.52. The Hall–Kier alpha value is -1.22. The van der Waals surface area contributed by atoms with E-state index in [1.807, 2.05) is 0 Å². The third-order valence-electron chi connectivity index (χ3n) is 3.01. The van der Waals surface area contributed by atoms with Crippen LogP contribution in [-0.2, 0) is 0 Å². The number of likely N-dealkylation sites (N-methyl/N-ethyl adjacent to an activating group) is 1. The Balaban J connectivity index is 2.80. The van der Waals surface area contributed by atoms with Crippen LogP contribution in [0.4, 0.5) is 5.69 Å². The highest BCUT2D eigenvalue weighted by Gasteiger charge is 2.11. The lowest BCUT2D eigenvalue weighted by atomic mass is 10.1. The van der Waals surface area contributed by atoms with Crippen molar-refractivity contribution in [2.75, 3.05) is 32.1 Å². The maximum Gasteiger partial charge on any atom is 0.145 e. The molecule has 1 aromatic carbocycles. The van der Waals surface area contributed by atoms with Gasteiger partial charge in [0.15, 0.2) is 0 Å². The second-order valence-corrected chi connectivity index (χ2v) is 5.16. The van der Waals surface area contributed by atoms with Gasteiger partial charge in [-0.05, 0) is 31.0 Å². The van der Waals surface area contributed by atoms with Crippen LogP contribution in [0.5, 0.6) is 5.75 Å². The van der Waals surface area contributed by atoms with Gasteiger partial charge < -0.3 is 15.0 Å². The summed E-state index contributed by atoms with van der Waals surface area (Å²) in [6.45, 7) is 10.5. The van der Waals surface area contributed by atoms with E-state index in [-0.39, 0.29) is 0 Å². The lowest BCUT2D eigenvalue weighted by molar-refractivity contribution is 0.411. The van der Waals surface area contributed by atoms with Crippen LogP contribution in [0.1, 0.15) is 25.0 Å². The summed E-state index contributed by atoms with van der Waals surface area (Å²) in [5, 5.41) is 3.43. The first-order valence-corrected chi connectivity index (χ1v) is 6.55. The molecule has 0 heterocycles. The van der Waals surface area contributed by atoms with Gasteiger partial charge in [0.1, 0.15) is 5.75 Å². The number of hydrogen-bond acceptors (Lipinski definition) is 3. The average molecular weight is 250 g/mol. The van der Waals surface area contributed by atoms with Gasteiger partial charge in [-0.15, -0.1) is 0 Å². The van der Waals surface area contributed by atoms with Crippen molar-refractivity contribution in [2.45, 2.75) is 33.7 Å². The number of rotatable bonds is 6. The van der Waals surface area contributed by atoms with Crippen molar-refractivity contribution in [3.8, 4) is 5.75 Å². The molecule has 0 amide bonds. The number of benzene rings is 1. The van der Waals surface area contributed by atoms with Gasteiger partial charge in [0.25, 0.3) is 0 Å². The molecular weight excluding hydrogens is 224 g/mol. The van der Waals surface area contributed by atoms with Crippen molar-refractivity contribution < 1.29 is 4.74 Å². The van der Waals surface area contributed by atoms with Crippen molar-refractivity contribution in [3.05, 3.63) is 23.3 Å². The van der Waals surface area contributed by atoms with E-state index in [0.29, 0.717) is 6.04 Å². The summed E-state index contributed by atoms with van der Waals surface area (Å²) in [6, 6.07) is 4.86. The van der Waals surface area contributed by atoms with Crippen molar-refractivity contribution in [2.24, 2.45) is 0 Å². The van der Waals surface area contributed by atoms with Crippen molar-refractivity contribution >= 4 is 5.69 Å². The first kappa shape index (κ1) is 14.8. The molecule has 3 heteroatoms. The monoisotopic (exact) mass is 250 g/mol. The summed E-state index contributed by atoms with van der Waals surface area (Å²) in [4.78, 5) is 2.24. The van der Waals surface area contributed by atoms with Gasteiger partial charge >= 0.3 is 0 Å². The van der Waals surface area contributed by atoms with Crippen LogP contribution in [0.3, 0.4) is 0 Å². The molecule has 0 aliphatic heterocycles. The predicted octanol–water partition coefficient (Wildman–Crippen LogP) is 2.75. The number of anilines is 1. The molecule has 102 valence electrons. The fourth-order valence-corrected chi connectivity index (χ4v) is 2.12. The van der Waals surface area contributed by atoms with Crippen LogP contribution in [0.25, 0.3) is 0 Å². The van der Waals surface area contributed by atoms with Gasteiger partial charge in [0, 0.05) is 26.2 Å². The molecule has 18 heavy (non-hydrogen) atoms. The second kappa shape index (κ2) is 6.64. The van der Waals surface area contributed by atoms with Crippen LogP contribution in [0.15, 0.2) is 12.1 Å². The number of ether oxygens (including phenoxy) is 1. The van der Waals surface area contributed by atoms with Crippen LogP contribution in [-0.4, -0.2) is 33.3 Å². The van der Waals surface area contributed by atoms with Crippen LogP contribution >= 0.6 is 0 Å².